The summed E-state index contributed by atoms with van der Waals surface area (Å²) < 4.78 is 24.8. The molecule has 0 amide bonds. The normalized spacial score (nSPS) is 10.3. The Bertz CT molecular complexity index is 385. The first-order chi connectivity index (χ1) is 6.57. The lowest BCUT2D eigenvalue weighted by Gasteiger charge is -2.08. The molecule has 0 unspecified atom stereocenters. The van der Waals surface area contributed by atoms with Crippen LogP contribution in [-0.4, -0.2) is 4.98 Å². The van der Waals surface area contributed by atoms with Crippen molar-refractivity contribution in [3.63, 3.8) is 0 Å². The van der Waals surface area contributed by atoms with Gasteiger partial charge in [0.05, 0.1) is 12.5 Å². The Kier molecular flexibility index (Phi) is 3.37. The summed E-state index contributed by atoms with van der Waals surface area (Å²) >= 11 is 5.68. The van der Waals surface area contributed by atoms with Crippen LogP contribution in [0.2, 0.25) is 5.15 Å². The van der Waals surface area contributed by atoms with Crippen LogP contribution in [0.4, 0.5) is 8.78 Å². The van der Waals surface area contributed by atoms with Crippen LogP contribution < -0.4 is 0 Å². The predicted molar refractivity (Wildman–Crippen MR) is 48.3 cm³/mol. The average molecular weight is 217 g/mol. The number of nitrogens with zero attached hydrogens (tertiary/aromatic N) is 2. The summed E-state index contributed by atoms with van der Waals surface area (Å²) in [6.07, 6.45) is -1.54. The number of pyridine rings is 1. The summed E-state index contributed by atoms with van der Waals surface area (Å²) in [7, 11) is 0. The highest BCUT2D eigenvalue weighted by Gasteiger charge is 2.16. The van der Waals surface area contributed by atoms with Gasteiger partial charge in [0.25, 0.3) is 6.43 Å². The van der Waals surface area contributed by atoms with E-state index in [0.29, 0.717) is 11.1 Å². The van der Waals surface area contributed by atoms with Crippen molar-refractivity contribution in [2.24, 2.45) is 0 Å². The highest BCUT2D eigenvalue weighted by atomic mass is 35.5. The summed E-state index contributed by atoms with van der Waals surface area (Å²) in [6.45, 7) is 1.52. The summed E-state index contributed by atoms with van der Waals surface area (Å²) in [5.74, 6) is 0. The lowest BCUT2D eigenvalue weighted by molar-refractivity contribution is 0.150. The van der Waals surface area contributed by atoms with E-state index in [1.165, 1.54) is 6.92 Å². The van der Waals surface area contributed by atoms with Gasteiger partial charge in [0.15, 0.2) is 0 Å². The fourth-order valence-electron chi connectivity index (χ4n) is 1.13. The SMILES string of the molecule is Cc1c(C(F)F)cnc(Cl)c1CC#N. The Labute approximate surface area is 85.1 Å². The first kappa shape index (κ1) is 10.9. The molecule has 0 saturated carbocycles. The molecule has 0 atom stereocenters. The molecule has 14 heavy (non-hydrogen) atoms. The Balaban J connectivity index is 3.27. The number of halogens is 3. The quantitative estimate of drug-likeness (QED) is 0.713. The van der Waals surface area contributed by atoms with E-state index >= 15 is 0 Å². The van der Waals surface area contributed by atoms with E-state index in [9.17, 15) is 8.78 Å². The third-order valence-electron chi connectivity index (χ3n) is 1.94. The van der Waals surface area contributed by atoms with Crippen LogP contribution in [0.3, 0.4) is 0 Å². The van der Waals surface area contributed by atoms with E-state index in [-0.39, 0.29) is 17.1 Å². The van der Waals surface area contributed by atoms with Gasteiger partial charge in [-0.2, -0.15) is 5.26 Å². The van der Waals surface area contributed by atoms with Crippen molar-refractivity contribution in [3.05, 3.63) is 28.0 Å². The van der Waals surface area contributed by atoms with Gasteiger partial charge in [-0.15, -0.1) is 0 Å². The second-order valence-electron chi connectivity index (χ2n) is 2.74. The van der Waals surface area contributed by atoms with Gasteiger partial charge < -0.3 is 0 Å². The highest BCUT2D eigenvalue weighted by molar-refractivity contribution is 6.30. The average Bonchev–Trinajstić information content (AvgIpc) is 2.11. The van der Waals surface area contributed by atoms with Crippen LogP contribution in [0.1, 0.15) is 23.1 Å². The van der Waals surface area contributed by atoms with E-state index in [4.69, 9.17) is 16.9 Å². The van der Waals surface area contributed by atoms with E-state index in [0.717, 1.165) is 6.20 Å². The zero-order valence-corrected chi connectivity index (χ0v) is 8.15. The number of aromatic nitrogens is 1. The van der Waals surface area contributed by atoms with Gasteiger partial charge in [-0.25, -0.2) is 13.8 Å². The number of nitriles is 1. The lowest BCUT2D eigenvalue weighted by Crippen LogP contribution is -1.99. The summed E-state index contributed by atoms with van der Waals surface area (Å²) in [4.78, 5) is 3.61. The topological polar surface area (TPSA) is 36.7 Å². The minimum absolute atomic E-state index is 0.00176. The van der Waals surface area contributed by atoms with Crippen LogP contribution >= 0.6 is 11.6 Å². The second-order valence-corrected chi connectivity index (χ2v) is 3.10. The summed E-state index contributed by atoms with van der Waals surface area (Å²) in [5, 5.41) is 8.59. The van der Waals surface area contributed by atoms with Gasteiger partial charge in [0.2, 0.25) is 0 Å². The maximum Gasteiger partial charge on any atom is 0.265 e. The predicted octanol–water partition coefficient (Wildman–Crippen LogP) is 3.05. The van der Waals surface area contributed by atoms with Crippen molar-refractivity contribution in [1.29, 1.82) is 5.26 Å². The Morgan fingerprint density at radius 3 is 2.79 bits per heavy atom. The molecule has 74 valence electrons. The van der Waals surface area contributed by atoms with Crippen molar-refractivity contribution in [1.82, 2.24) is 4.98 Å². The van der Waals surface area contributed by atoms with Gasteiger partial charge in [-0.05, 0) is 12.5 Å². The van der Waals surface area contributed by atoms with E-state index < -0.39 is 6.43 Å². The number of alkyl halides is 2. The number of hydrogen-bond donors (Lipinski definition) is 0. The fraction of sp³-hybridized carbons (Fsp3) is 0.333. The molecule has 5 heteroatoms. The molecule has 0 spiro atoms. The minimum atomic E-state index is -2.59. The van der Waals surface area contributed by atoms with Gasteiger partial charge in [0, 0.05) is 17.3 Å². The zero-order valence-electron chi connectivity index (χ0n) is 7.39. The molecule has 0 bridgehead atoms. The molecule has 0 aliphatic carbocycles. The molecule has 0 aliphatic heterocycles. The first-order valence-corrected chi connectivity index (χ1v) is 4.24. The number of rotatable bonds is 2. The Hall–Kier alpha value is -1.21. The zero-order chi connectivity index (χ0) is 10.7. The third-order valence-corrected chi connectivity index (χ3v) is 2.27. The molecule has 0 radical (unpaired) electrons. The van der Waals surface area contributed by atoms with Gasteiger partial charge in [-0.3, -0.25) is 0 Å². The van der Waals surface area contributed by atoms with Crippen LogP contribution in [0, 0.1) is 18.3 Å². The van der Waals surface area contributed by atoms with Gasteiger partial charge in [0.1, 0.15) is 5.15 Å². The molecule has 1 rings (SSSR count). The van der Waals surface area contributed by atoms with Crippen molar-refractivity contribution >= 4 is 11.6 Å². The molecule has 2 nitrogen and oxygen atoms in total. The van der Waals surface area contributed by atoms with Crippen LogP contribution in [0.15, 0.2) is 6.20 Å². The molecule has 0 aliphatic rings. The van der Waals surface area contributed by atoms with Crippen LogP contribution in [-0.2, 0) is 6.42 Å². The Morgan fingerprint density at radius 1 is 1.64 bits per heavy atom. The molecule has 0 fully saturated rings. The molecule has 0 aromatic carbocycles. The summed E-state index contributed by atoms with van der Waals surface area (Å²) in [6, 6.07) is 1.86. The van der Waals surface area contributed by atoms with Crippen LogP contribution in [0.5, 0.6) is 0 Å². The standard InChI is InChI=1S/C9H7ClF2N2/c1-5-6(2-3-13)8(10)14-4-7(5)9(11)12/h4,9H,2H2,1H3. The van der Waals surface area contributed by atoms with E-state index in [2.05, 4.69) is 4.98 Å². The lowest BCUT2D eigenvalue weighted by atomic mass is 10.0. The molecule has 1 heterocycles. The molecule has 1 aromatic heterocycles. The van der Waals surface area contributed by atoms with E-state index in [1.54, 1.807) is 0 Å². The maximum absolute atomic E-state index is 12.4. The van der Waals surface area contributed by atoms with Crippen LogP contribution in [0.25, 0.3) is 0 Å². The molecule has 0 N–H and O–H groups in total. The smallest absolute Gasteiger partial charge is 0.244 e. The molecule has 1 aromatic rings. The Morgan fingerprint density at radius 2 is 2.29 bits per heavy atom. The second kappa shape index (κ2) is 4.34. The fourth-order valence-corrected chi connectivity index (χ4v) is 1.39. The van der Waals surface area contributed by atoms with Gasteiger partial charge >= 0.3 is 0 Å². The largest absolute Gasteiger partial charge is 0.265 e. The molecular formula is C9H7ClF2N2. The third kappa shape index (κ3) is 1.99. The van der Waals surface area contributed by atoms with Crippen molar-refractivity contribution in [3.8, 4) is 6.07 Å². The van der Waals surface area contributed by atoms with E-state index in [1.807, 2.05) is 6.07 Å². The van der Waals surface area contributed by atoms with Crippen molar-refractivity contribution in [2.45, 2.75) is 19.8 Å². The van der Waals surface area contributed by atoms with Crippen molar-refractivity contribution < 1.29 is 8.78 Å². The number of hydrogen-bond acceptors (Lipinski definition) is 2. The minimum Gasteiger partial charge on any atom is -0.244 e. The first-order valence-electron chi connectivity index (χ1n) is 3.87. The summed E-state index contributed by atoms with van der Waals surface area (Å²) in [5.41, 5.74) is 0.563. The monoisotopic (exact) mass is 216 g/mol. The molecule has 0 saturated heterocycles. The van der Waals surface area contributed by atoms with Gasteiger partial charge in [-0.1, -0.05) is 11.6 Å². The maximum atomic E-state index is 12.4. The van der Waals surface area contributed by atoms with Crippen molar-refractivity contribution in [2.75, 3.05) is 0 Å². The highest BCUT2D eigenvalue weighted by Crippen LogP contribution is 2.27. The molecular weight excluding hydrogens is 210 g/mol.